The summed E-state index contributed by atoms with van der Waals surface area (Å²) in [5.74, 6) is 0.159. The molecule has 0 aliphatic rings. The van der Waals surface area contributed by atoms with Crippen molar-refractivity contribution in [1.29, 1.82) is 0 Å². The molecule has 0 saturated carbocycles. The quantitative estimate of drug-likeness (QED) is 0.399. The number of hydrogen-bond acceptors (Lipinski definition) is 6. The topological polar surface area (TPSA) is 156 Å². The lowest BCUT2D eigenvalue weighted by molar-refractivity contribution is 0.0967. The lowest BCUT2D eigenvalue weighted by atomic mass is 10.1. The second-order valence-electron chi connectivity index (χ2n) is 5.24. The number of thioether (sulfide) groups is 1. The Morgan fingerprint density at radius 2 is 1.85 bits per heavy atom. The number of carbonyl (C=O) groups is 2. The van der Waals surface area contributed by atoms with Gasteiger partial charge in [0.05, 0.1) is 16.2 Å². The van der Waals surface area contributed by atoms with Crippen LogP contribution in [0.4, 0.5) is 11.8 Å². The first kappa shape index (κ1) is 17.5. The highest BCUT2D eigenvalue weighted by Crippen LogP contribution is 2.31. The van der Waals surface area contributed by atoms with Crippen molar-refractivity contribution in [3.05, 3.63) is 41.5 Å². The highest BCUT2D eigenvalue weighted by molar-refractivity contribution is 7.99. The van der Waals surface area contributed by atoms with Crippen molar-refractivity contribution in [2.75, 3.05) is 11.1 Å². The summed E-state index contributed by atoms with van der Waals surface area (Å²) in [5, 5.41) is 10.2. The molecule has 7 N–H and O–H groups in total. The average Bonchev–Trinajstić information content (AvgIpc) is 3.21. The fourth-order valence-corrected chi connectivity index (χ4v) is 3.27. The van der Waals surface area contributed by atoms with Gasteiger partial charge >= 0.3 is 0 Å². The highest BCUT2D eigenvalue weighted by Gasteiger charge is 2.26. The number of anilines is 2. The van der Waals surface area contributed by atoms with Crippen molar-refractivity contribution in [3.63, 3.8) is 0 Å². The summed E-state index contributed by atoms with van der Waals surface area (Å²) in [5.41, 5.74) is 11.8. The first-order valence-electron chi connectivity index (χ1n) is 7.74. The van der Waals surface area contributed by atoms with Crippen LogP contribution in [0, 0.1) is 0 Å². The van der Waals surface area contributed by atoms with Crippen LogP contribution in [0.1, 0.15) is 27.6 Å². The van der Waals surface area contributed by atoms with Gasteiger partial charge in [0.15, 0.2) is 5.82 Å². The van der Waals surface area contributed by atoms with Gasteiger partial charge < -0.3 is 21.8 Å². The molecule has 0 saturated heterocycles. The lowest BCUT2D eigenvalue weighted by Crippen LogP contribution is -2.20. The van der Waals surface area contributed by atoms with Crippen LogP contribution in [-0.2, 0) is 0 Å². The molecule has 0 aliphatic heterocycles. The zero-order valence-corrected chi connectivity index (χ0v) is 14.7. The van der Waals surface area contributed by atoms with Gasteiger partial charge in [-0.3, -0.25) is 14.7 Å². The molecule has 0 fully saturated rings. The Morgan fingerprint density at radius 3 is 2.46 bits per heavy atom. The van der Waals surface area contributed by atoms with Crippen molar-refractivity contribution in [3.8, 4) is 11.4 Å². The standard InChI is InChI=1S/C16H17N7O2S/c1-2-26-15-10(12(18)25)9(11(17)24)14(19-15)21-16-20-13(22-23-16)8-6-4-3-5-7-8/h3-7,19H,2H2,1H3,(H2,17,24)(H2,18,25)(H2,20,21,22,23). The van der Waals surface area contributed by atoms with E-state index in [0.29, 0.717) is 16.6 Å². The second-order valence-corrected chi connectivity index (χ2v) is 6.51. The number of primary amides is 2. The van der Waals surface area contributed by atoms with Crippen LogP contribution in [0.25, 0.3) is 11.4 Å². The molecule has 1 aromatic carbocycles. The Bertz CT molecular complexity index is 949. The highest BCUT2D eigenvalue weighted by atomic mass is 32.2. The summed E-state index contributed by atoms with van der Waals surface area (Å²) in [6.45, 7) is 1.91. The summed E-state index contributed by atoms with van der Waals surface area (Å²) in [7, 11) is 0. The molecule has 3 rings (SSSR count). The summed E-state index contributed by atoms with van der Waals surface area (Å²) < 4.78 is 0. The molecule has 9 nitrogen and oxygen atoms in total. The summed E-state index contributed by atoms with van der Waals surface area (Å²) in [4.78, 5) is 31.0. The van der Waals surface area contributed by atoms with Crippen LogP contribution >= 0.6 is 11.8 Å². The van der Waals surface area contributed by atoms with Gasteiger partial charge in [-0.1, -0.05) is 37.3 Å². The predicted octanol–water partition coefficient (Wildman–Crippen LogP) is 1.85. The monoisotopic (exact) mass is 371 g/mol. The Labute approximate surface area is 153 Å². The number of nitrogens with zero attached hydrogens (tertiary/aromatic N) is 2. The van der Waals surface area contributed by atoms with Gasteiger partial charge in [-0.15, -0.1) is 16.9 Å². The molecule has 134 valence electrons. The first-order valence-corrected chi connectivity index (χ1v) is 8.73. The number of benzene rings is 1. The maximum absolute atomic E-state index is 11.9. The van der Waals surface area contributed by atoms with Crippen LogP contribution < -0.4 is 16.8 Å². The molecule has 2 heterocycles. The number of aromatic nitrogens is 4. The number of nitrogens with one attached hydrogen (secondary N) is 3. The zero-order valence-electron chi connectivity index (χ0n) is 13.9. The van der Waals surface area contributed by atoms with E-state index in [4.69, 9.17) is 11.5 Å². The molecular formula is C16H17N7O2S. The third-order valence-electron chi connectivity index (χ3n) is 3.52. The minimum Gasteiger partial charge on any atom is -0.365 e. The van der Waals surface area contributed by atoms with Gasteiger partial charge in [-0.2, -0.15) is 4.98 Å². The van der Waals surface area contributed by atoms with Crippen molar-refractivity contribution in [2.45, 2.75) is 11.9 Å². The van der Waals surface area contributed by atoms with E-state index < -0.39 is 11.8 Å². The van der Waals surface area contributed by atoms with E-state index >= 15 is 0 Å². The molecule has 3 aromatic rings. The number of hydrogen-bond donors (Lipinski definition) is 5. The summed E-state index contributed by atoms with van der Waals surface area (Å²) in [6, 6.07) is 9.43. The molecule has 10 heteroatoms. The number of carbonyl (C=O) groups excluding carboxylic acids is 2. The molecule has 2 aromatic heterocycles. The van der Waals surface area contributed by atoms with Crippen LogP contribution in [0.3, 0.4) is 0 Å². The predicted molar refractivity (Wildman–Crippen MR) is 99.3 cm³/mol. The van der Waals surface area contributed by atoms with Gasteiger partial charge in [-0.05, 0) is 5.75 Å². The number of nitrogens with two attached hydrogens (primary N) is 2. The fourth-order valence-electron chi connectivity index (χ4n) is 2.46. The van der Waals surface area contributed by atoms with Crippen molar-refractivity contribution in [2.24, 2.45) is 11.5 Å². The fraction of sp³-hybridized carbons (Fsp3) is 0.125. The summed E-state index contributed by atoms with van der Waals surface area (Å²) >= 11 is 1.34. The van der Waals surface area contributed by atoms with E-state index in [2.05, 4.69) is 25.5 Å². The van der Waals surface area contributed by atoms with Gasteiger partial charge in [0.2, 0.25) is 5.95 Å². The van der Waals surface area contributed by atoms with Gasteiger partial charge in [-0.25, -0.2) is 0 Å². The molecular weight excluding hydrogens is 354 g/mol. The zero-order chi connectivity index (χ0) is 18.7. The molecule has 0 unspecified atom stereocenters. The molecule has 0 aliphatic carbocycles. The SMILES string of the molecule is CCSc1[nH]c(Nc2n[nH]c(-c3ccccc3)n2)c(C(N)=O)c1C(N)=O. The third-order valence-corrected chi connectivity index (χ3v) is 4.40. The number of H-pyrrole nitrogens is 2. The van der Waals surface area contributed by atoms with E-state index in [1.807, 2.05) is 37.3 Å². The van der Waals surface area contributed by atoms with E-state index in [9.17, 15) is 9.59 Å². The van der Waals surface area contributed by atoms with Crippen molar-refractivity contribution in [1.82, 2.24) is 20.2 Å². The molecule has 26 heavy (non-hydrogen) atoms. The van der Waals surface area contributed by atoms with Crippen LogP contribution in [-0.4, -0.2) is 37.7 Å². The van der Waals surface area contributed by atoms with Crippen molar-refractivity contribution >= 4 is 35.3 Å². The molecule has 0 spiro atoms. The number of aromatic amines is 2. The number of rotatable bonds is 7. The molecule has 2 amide bonds. The normalized spacial score (nSPS) is 10.7. The lowest BCUT2D eigenvalue weighted by Gasteiger charge is -2.02. The Morgan fingerprint density at radius 1 is 1.15 bits per heavy atom. The van der Waals surface area contributed by atoms with Gasteiger partial charge in [0, 0.05) is 5.56 Å². The van der Waals surface area contributed by atoms with Gasteiger partial charge in [0.1, 0.15) is 5.82 Å². The minimum atomic E-state index is -0.778. The largest absolute Gasteiger partial charge is 0.365 e. The van der Waals surface area contributed by atoms with Crippen molar-refractivity contribution < 1.29 is 9.59 Å². The second kappa shape index (κ2) is 7.31. The minimum absolute atomic E-state index is 0.0143. The van der Waals surface area contributed by atoms with E-state index in [-0.39, 0.29) is 22.9 Å². The average molecular weight is 371 g/mol. The smallest absolute Gasteiger partial charge is 0.253 e. The Balaban J connectivity index is 1.97. The van der Waals surface area contributed by atoms with E-state index in [0.717, 1.165) is 5.56 Å². The van der Waals surface area contributed by atoms with Crippen LogP contribution in [0.2, 0.25) is 0 Å². The maximum atomic E-state index is 11.9. The number of amides is 2. The Hall–Kier alpha value is -3.27. The van der Waals surface area contributed by atoms with E-state index in [1.54, 1.807) is 0 Å². The maximum Gasteiger partial charge on any atom is 0.253 e. The van der Waals surface area contributed by atoms with Gasteiger partial charge in [0.25, 0.3) is 11.8 Å². The first-order chi connectivity index (χ1) is 12.5. The third kappa shape index (κ3) is 3.40. The molecule has 0 atom stereocenters. The van der Waals surface area contributed by atoms with Crippen LogP contribution in [0.15, 0.2) is 35.4 Å². The van der Waals surface area contributed by atoms with E-state index in [1.165, 1.54) is 11.8 Å². The molecule has 0 radical (unpaired) electrons. The summed E-state index contributed by atoms with van der Waals surface area (Å²) in [6.07, 6.45) is 0. The Kier molecular flexibility index (Phi) is 4.94. The van der Waals surface area contributed by atoms with Crippen LogP contribution in [0.5, 0.6) is 0 Å². The molecule has 0 bridgehead atoms.